The summed E-state index contributed by atoms with van der Waals surface area (Å²) < 4.78 is 7.21. The van der Waals surface area contributed by atoms with E-state index in [1.54, 1.807) is 41.8 Å². The van der Waals surface area contributed by atoms with Crippen molar-refractivity contribution < 1.29 is 9.53 Å². The number of rotatable bonds is 3. The molecule has 0 atom stereocenters. The lowest BCUT2D eigenvalue weighted by Crippen LogP contribution is -2.27. The van der Waals surface area contributed by atoms with E-state index in [0.29, 0.717) is 34.4 Å². The first kappa shape index (κ1) is 19.2. The number of nitrogens with zero attached hydrogens (tertiary/aromatic N) is 3. The van der Waals surface area contributed by atoms with Gasteiger partial charge in [-0.25, -0.2) is 4.98 Å². The van der Waals surface area contributed by atoms with Gasteiger partial charge in [0.25, 0.3) is 11.5 Å². The van der Waals surface area contributed by atoms with Crippen molar-refractivity contribution >= 4 is 22.5 Å². The SMILES string of the molecule is COc1ccc(C)cc1N(C)C(=O)c1ccc2c(=O)n3c(nc2c1)CCCCC3. The van der Waals surface area contributed by atoms with E-state index in [0.717, 1.165) is 37.1 Å². The zero-order chi connectivity index (χ0) is 20.5. The van der Waals surface area contributed by atoms with Gasteiger partial charge in [-0.15, -0.1) is 0 Å². The molecule has 29 heavy (non-hydrogen) atoms. The van der Waals surface area contributed by atoms with Crippen LogP contribution >= 0.6 is 0 Å². The number of ether oxygens (including phenoxy) is 1. The fourth-order valence-electron chi connectivity index (χ4n) is 3.92. The van der Waals surface area contributed by atoms with Crippen molar-refractivity contribution in [3.8, 4) is 5.75 Å². The van der Waals surface area contributed by atoms with E-state index in [-0.39, 0.29) is 11.5 Å². The Bertz CT molecular complexity index is 1150. The van der Waals surface area contributed by atoms with Crippen molar-refractivity contribution in [2.24, 2.45) is 0 Å². The maximum atomic E-state index is 13.2. The smallest absolute Gasteiger partial charge is 0.261 e. The van der Waals surface area contributed by atoms with Crippen molar-refractivity contribution in [2.75, 3.05) is 19.1 Å². The Morgan fingerprint density at radius 2 is 1.97 bits per heavy atom. The van der Waals surface area contributed by atoms with Crippen LogP contribution in [-0.4, -0.2) is 29.6 Å². The van der Waals surface area contributed by atoms with Gasteiger partial charge in [-0.05, 0) is 55.7 Å². The molecule has 0 saturated carbocycles. The summed E-state index contributed by atoms with van der Waals surface area (Å²) in [5.41, 5.74) is 2.80. The number of hydrogen-bond acceptors (Lipinski definition) is 4. The second-order valence-electron chi connectivity index (χ2n) is 7.57. The number of amides is 1. The lowest BCUT2D eigenvalue weighted by molar-refractivity contribution is 0.0992. The molecule has 0 bridgehead atoms. The average molecular weight is 391 g/mol. The summed E-state index contributed by atoms with van der Waals surface area (Å²) in [5.74, 6) is 1.28. The first-order chi connectivity index (χ1) is 14.0. The Kier molecular flexibility index (Phi) is 5.09. The van der Waals surface area contributed by atoms with Gasteiger partial charge in [-0.2, -0.15) is 0 Å². The van der Waals surface area contributed by atoms with E-state index in [1.165, 1.54) is 0 Å². The predicted molar refractivity (Wildman–Crippen MR) is 114 cm³/mol. The predicted octanol–water partition coefficient (Wildman–Crippen LogP) is 3.72. The molecule has 3 aromatic rings. The minimum Gasteiger partial charge on any atom is -0.495 e. The number of methoxy groups -OCH3 is 1. The fraction of sp³-hybridized carbons (Fsp3) is 0.348. The number of benzene rings is 2. The highest BCUT2D eigenvalue weighted by atomic mass is 16.5. The summed E-state index contributed by atoms with van der Waals surface area (Å²) >= 11 is 0. The molecular formula is C23H25N3O3. The highest BCUT2D eigenvalue weighted by Gasteiger charge is 2.19. The average Bonchev–Trinajstić information content (AvgIpc) is 2.98. The molecule has 0 radical (unpaired) electrons. The summed E-state index contributed by atoms with van der Waals surface area (Å²) in [6, 6.07) is 10.9. The van der Waals surface area contributed by atoms with Crippen molar-refractivity contribution in [1.29, 1.82) is 0 Å². The highest BCUT2D eigenvalue weighted by Crippen LogP contribution is 2.29. The van der Waals surface area contributed by atoms with Gasteiger partial charge in [-0.1, -0.05) is 12.5 Å². The van der Waals surface area contributed by atoms with Crippen LogP contribution in [0.5, 0.6) is 5.75 Å². The van der Waals surface area contributed by atoms with Gasteiger partial charge in [-0.3, -0.25) is 14.2 Å². The first-order valence-corrected chi connectivity index (χ1v) is 9.96. The third-order valence-electron chi connectivity index (χ3n) is 5.56. The molecule has 1 aromatic heterocycles. The van der Waals surface area contributed by atoms with Crippen LogP contribution in [0.2, 0.25) is 0 Å². The highest BCUT2D eigenvalue weighted by molar-refractivity contribution is 6.08. The molecule has 0 saturated heterocycles. The topological polar surface area (TPSA) is 64.4 Å². The molecular weight excluding hydrogens is 366 g/mol. The van der Waals surface area contributed by atoms with Crippen LogP contribution in [0.3, 0.4) is 0 Å². The lowest BCUT2D eigenvalue weighted by Gasteiger charge is -2.21. The summed E-state index contributed by atoms with van der Waals surface area (Å²) in [6.07, 6.45) is 3.93. The Hall–Kier alpha value is -3.15. The second kappa shape index (κ2) is 7.70. The van der Waals surface area contributed by atoms with Gasteiger partial charge < -0.3 is 9.64 Å². The van der Waals surface area contributed by atoms with Gasteiger partial charge in [0.15, 0.2) is 0 Å². The van der Waals surface area contributed by atoms with Crippen LogP contribution in [0.15, 0.2) is 41.2 Å². The molecule has 6 heteroatoms. The molecule has 0 N–H and O–H groups in total. The van der Waals surface area contributed by atoms with Crippen LogP contribution in [-0.2, 0) is 13.0 Å². The number of fused-ring (bicyclic) bond motifs is 2. The largest absolute Gasteiger partial charge is 0.495 e. The van der Waals surface area contributed by atoms with Gasteiger partial charge in [0.05, 0.1) is 23.7 Å². The number of carbonyl (C=O) groups excluding carboxylic acids is 1. The molecule has 0 unspecified atom stereocenters. The van der Waals surface area contributed by atoms with Gasteiger partial charge in [0.1, 0.15) is 11.6 Å². The number of aromatic nitrogens is 2. The third-order valence-corrected chi connectivity index (χ3v) is 5.56. The minimum atomic E-state index is -0.173. The minimum absolute atomic E-state index is 0.0143. The Morgan fingerprint density at radius 1 is 1.14 bits per heavy atom. The molecule has 0 spiro atoms. The molecule has 2 heterocycles. The summed E-state index contributed by atoms with van der Waals surface area (Å²) in [5, 5.41) is 0.558. The quantitative estimate of drug-likeness (QED) is 0.683. The molecule has 2 aromatic carbocycles. The number of aryl methyl sites for hydroxylation is 2. The lowest BCUT2D eigenvalue weighted by atomic mass is 10.1. The van der Waals surface area contributed by atoms with Crippen molar-refractivity contribution in [3.05, 3.63) is 63.7 Å². The number of hydrogen-bond donors (Lipinski definition) is 0. The molecule has 1 amide bonds. The zero-order valence-corrected chi connectivity index (χ0v) is 17.1. The fourth-order valence-corrected chi connectivity index (χ4v) is 3.92. The Morgan fingerprint density at radius 3 is 2.76 bits per heavy atom. The summed E-state index contributed by atoms with van der Waals surface area (Å²) in [7, 11) is 3.31. The number of anilines is 1. The van der Waals surface area contributed by atoms with E-state index in [2.05, 4.69) is 0 Å². The van der Waals surface area contributed by atoms with Gasteiger partial charge >= 0.3 is 0 Å². The standard InChI is InChI=1S/C23H25N3O3/c1-15-8-11-20(29-3)19(13-15)25(2)22(27)16-9-10-17-18(14-16)24-21-7-5-4-6-12-26(21)23(17)28/h8-11,13-14H,4-7,12H2,1-3H3. The maximum Gasteiger partial charge on any atom is 0.261 e. The van der Waals surface area contributed by atoms with Gasteiger partial charge in [0.2, 0.25) is 0 Å². The maximum absolute atomic E-state index is 13.2. The van der Waals surface area contributed by atoms with E-state index in [9.17, 15) is 9.59 Å². The van der Waals surface area contributed by atoms with Crippen molar-refractivity contribution in [2.45, 2.75) is 39.2 Å². The van der Waals surface area contributed by atoms with Crippen LogP contribution in [0.1, 0.15) is 41.0 Å². The van der Waals surface area contributed by atoms with E-state index in [4.69, 9.17) is 9.72 Å². The van der Waals surface area contributed by atoms with Crippen molar-refractivity contribution in [1.82, 2.24) is 9.55 Å². The van der Waals surface area contributed by atoms with Crippen LogP contribution in [0.4, 0.5) is 5.69 Å². The molecule has 0 aliphatic carbocycles. The van der Waals surface area contributed by atoms with Crippen LogP contribution in [0.25, 0.3) is 10.9 Å². The first-order valence-electron chi connectivity index (χ1n) is 9.96. The van der Waals surface area contributed by atoms with Crippen LogP contribution in [0, 0.1) is 6.92 Å². The van der Waals surface area contributed by atoms with E-state index < -0.39 is 0 Å². The third kappa shape index (κ3) is 3.50. The van der Waals surface area contributed by atoms with Gasteiger partial charge in [0, 0.05) is 25.6 Å². The monoisotopic (exact) mass is 391 g/mol. The summed E-state index contributed by atoms with van der Waals surface area (Å²) in [4.78, 5) is 32.4. The molecule has 6 nitrogen and oxygen atoms in total. The van der Waals surface area contributed by atoms with E-state index in [1.807, 2.05) is 25.1 Å². The molecule has 150 valence electrons. The molecule has 1 aliphatic rings. The Balaban J connectivity index is 1.75. The normalized spacial score (nSPS) is 13.6. The Labute approximate surface area is 169 Å². The molecule has 1 aliphatic heterocycles. The van der Waals surface area contributed by atoms with E-state index >= 15 is 0 Å². The number of carbonyl (C=O) groups is 1. The second-order valence-corrected chi connectivity index (χ2v) is 7.57. The molecule has 0 fully saturated rings. The van der Waals surface area contributed by atoms with Crippen molar-refractivity contribution in [3.63, 3.8) is 0 Å². The van der Waals surface area contributed by atoms with Crippen LogP contribution < -0.4 is 15.2 Å². The zero-order valence-electron chi connectivity index (χ0n) is 17.1. The molecule has 4 rings (SSSR count). The summed E-state index contributed by atoms with van der Waals surface area (Å²) in [6.45, 7) is 2.69.